The van der Waals surface area contributed by atoms with E-state index in [1.807, 2.05) is 48.5 Å². The largest absolute Gasteiger partial charge is 0.495 e. The summed E-state index contributed by atoms with van der Waals surface area (Å²) in [5, 5.41) is 3.76. The van der Waals surface area contributed by atoms with Gasteiger partial charge in [-0.2, -0.15) is 0 Å². The van der Waals surface area contributed by atoms with Crippen LogP contribution in [0.2, 0.25) is 0 Å². The minimum atomic E-state index is -0.200. The van der Waals surface area contributed by atoms with E-state index in [9.17, 15) is 4.79 Å². The van der Waals surface area contributed by atoms with Crippen LogP contribution >= 0.6 is 11.3 Å². The number of thiazole rings is 1. The zero-order valence-electron chi connectivity index (χ0n) is 12.9. The SMILES string of the molecule is COc1ccccc1NC(=O)N(C)Cc1nc2ccccc2s1. The fourth-order valence-corrected chi connectivity index (χ4v) is 3.24. The lowest BCUT2D eigenvalue weighted by molar-refractivity contribution is 0.220. The van der Waals surface area contributed by atoms with E-state index in [2.05, 4.69) is 10.3 Å². The van der Waals surface area contributed by atoms with Crippen molar-refractivity contribution in [3.8, 4) is 5.75 Å². The molecule has 3 rings (SSSR count). The second-order valence-corrected chi connectivity index (χ2v) is 6.18. The van der Waals surface area contributed by atoms with Gasteiger partial charge in [0.1, 0.15) is 10.8 Å². The normalized spacial score (nSPS) is 10.5. The standard InChI is InChI=1S/C17H17N3O2S/c1-20(11-16-18-13-8-4-6-10-15(13)23-16)17(21)19-12-7-3-5-9-14(12)22-2/h3-10H,11H2,1-2H3,(H,19,21). The predicted octanol–water partition coefficient (Wildman–Crippen LogP) is 3.97. The van der Waals surface area contributed by atoms with Crippen LogP contribution in [0, 0.1) is 0 Å². The maximum absolute atomic E-state index is 12.3. The number of urea groups is 1. The molecule has 0 aliphatic heterocycles. The molecule has 1 aromatic heterocycles. The molecule has 3 aromatic rings. The number of aromatic nitrogens is 1. The Morgan fingerprint density at radius 2 is 1.96 bits per heavy atom. The lowest BCUT2D eigenvalue weighted by Gasteiger charge is -2.17. The second kappa shape index (κ2) is 6.66. The van der Waals surface area contributed by atoms with Gasteiger partial charge in [0, 0.05) is 7.05 Å². The van der Waals surface area contributed by atoms with Gasteiger partial charge in [0.05, 0.1) is 29.6 Å². The number of benzene rings is 2. The number of methoxy groups -OCH3 is 1. The van der Waals surface area contributed by atoms with Gasteiger partial charge in [0.2, 0.25) is 0 Å². The molecular weight excluding hydrogens is 310 g/mol. The third-order valence-electron chi connectivity index (χ3n) is 3.41. The summed E-state index contributed by atoms with van der Waals surface area (Å²) in [4.78, 5) is 18.5. The highest BCUT2D eigenvalue weighted by Crippen LogP contribution is 2.25. The Bertz CT molecular complexity index is 798. The molecule has 0 atom stereocenters. The molecule has 5 nitrogen and oxygen atoms in total. The third-order valence-corrected chi connectivity index (χ3v) is 4.43. The van der Waals surface area contributed by atoms with Crippen molar-refractivity contribution in [2.24, 2.45) is 0 Å². The van der Waals surface area contributed by atoms with Gasteiger partial charge in [0.15, 0.2) is 0 Å². The van der Waals surface area contributed by atoms with Gasteiger partial charge < -0.3 is 15.0 Å². The molecule has 0 bridgehead atoms. The Morgan fingerprint density at radius 3 is 2.74 bits per heavy atom. The molecule has 0 fully saturated rings. The molecule has 1 N–H and O–H groups in total. The van der Waals surface area contributed by atoms with Gasteiger partial charge in [-0.25, -0.2) is 9.78 Å². The summed E-state index contributed by atoms with van der Waals surface area (Å²) in [7, 11) is 3.33. The van der Waals surface area contributed by atoms with Gasteiger partial charge in [-0.1, -0.05) is 24.3 Å². The Morgan fingerprint density at radius 1 is 1.22 bits per heavy atom. The van der Waals surface area contributed by atoms with Crippen molar-refractivity contribution in [2.45, 2.75) is 6.54 Å². The number of fused-ring (bicyclic) bond motifs is 1. The van der Waals surface area contributed by atoms with Crippen LogP contribution in [0.1, 0.15) is 5.01 Å². The summed E-state index contributed by atoms with van der Waals surface area (Å²) in [6, 6.07) is 15.1. The molecule has 23 heavy (non-hydrogen) atoms. The Kier molecular flexibility index (Phi) is 4.43. The Labute approximate surface area is 138 Å². The van der Waals surface area contributed by atoms with E-state index in [1.54, 1.807) is 30.4 Å². The highest BCUT2D eigenvalue weighted by molar-refractivity contribution is 7.18. The molecule has 118 valence electrons. The van der Waals surface area contributed by atoms with Crippen LogP contribution < -0.4 is 10.1 Å². The van der Waals surface area contributed by atoms with E-state index in [0.29, 0.717) is 18.0 Å². The highest BCUT2D eigenvalue weighted by atomic mass is 32.1. The molecule has 2 aromatic carbocycles. The lowest BCUT2D eigenvalue weighted by Crippen LogP contribution is -2.30. The molecule has 0 unspecified atom stereocenters. The molecule has 2 amide bonds. The third kappa shape index (κ3) is 3.43. The number of hydrogen-bond donors (Lipinski definition) is 1. The van der Waals surface area contributed by atoms with Crippen molar-refractivity contribution < 1.29 is 9.53 Å². The van der Waals surface area contributed by atoms with Crippen LogP contribution in [0.25, 0.3) is 10.2 Å². The molecule has 0 spiro atoms. The van der Waals surface area contributed by atoms with E-state index < -0.39 is 0 Å². The van der Waals surface area contributed by atoms with Gasteiger partial charge >= 0.3 is 6.03 Å². The van der Waals surface area contributed by atoms with E-state index in [0.717, 1.165) is 15.2 Å². The number of carbonyl (C=O) groups is 1. The summed E-state index contributed by atoms with van der Waals surface area (Å²) in [5.74, 6) is 0.634. The number of hydrogen-bond acceptors (Lipinski definition) is 4. The average molecular weight is 327 g/mol. The molecule has 0 aliphatic rings. The van der Waals surface area contributed by atoms with Crippen LogP contribution in [0.5, 0.6) is 5.75 Å². The van der Waals surface area contributed by atoms with Crippen LogP contribution in [0.4, 0.5) is 10.5 Å². The maximum Gasteiger partial charge on any atom is 0.322 e. The summed E-state index contributed by atoms with van der Waals surface area (Å²) in [6.07, 6.45) is 0. The van der Waals surface area contributed by atoms with Gasteiger partial charge in [0.25, 0.3) is 0 Å². The summed E-state index contributed by atoms with van der Waals surface area (Å²) < 4.78 is 6.37. The lowest BCUT2D eigenvalue weighted by atomic mass is 10.3. The van der Waals surface area contributed by atoms with Crippen LogP contribution in [0.3, 0.4) is 0 Å². The zero-order valence-corrected chi connectivity index (χ0v) is 13.8. The zero-order chi connectivity index (χ0) is 16.2. The van der Waals surface area contributed by atoms with Crippen LogP contribution in [-0.2, 0) is 6.54 Å². The summed E-state index contributed by atoms with van der Waals surface area (Å²) >= 11 is 1.60. The van der Waals surface area contributed by atoms with Crippen molar-refractivity contribution in [2.75, 3.05) is 19.5 Å². The predicted molar refractivity (Wildman–Crippen MR) is 93.1 cm³/mol. The number of nitrogens with one attached hydrogen (secondary N) is 1. The molecule has 0 aliphatic carbocycles. The van der Waals surface area contributed by atoms with Crippen molar-refractivity contribution in [3.05, 3.63) is 53.5 Å². The number of para-hydroxylation sites is 3. The first-order valence-corrected chi connectivity index (χ1v) is 7.98. The van der Waals surface area contributed by atoms with Crippen molar-refractivity contribution in [1.82, 2.24) is 9.88 Å². The average Bonchev–Trinajstić information content (AvgIpc) is 2.97. The Balaban J connectivity index is 1.69. The quantitative estimate of drug-likeness (QED) is 0.789. The number of carbonyl (C=O) groups excluding carboxylic acids is 1. The first-order valence-electron chi connectivity index (χ1n) is 7.17. The van der Waals surface area contributed by atoms with Crippen molar-refractivity contribution >= 4 is 33.3 Å². The number of anilines is 1. The number of rotatable bonds is 4. The number of nitrogens with zero attached hydrogens (tertiary/aromatic N) is 2. The van der Waals surface area contributed by atoms with E-state index >= 15 is 0 Å². The summed E-state index contributed by atoms with van der Waals surface area (Å²) in [6.45, 7) is 0.459. The molecule has 1 heterocycles. The van der Waals surface area contributed by atoms with Crippen molar-refractivity contribution in [3.63, 3.8) is 0 Å². The molecule has 0 radical (unpaired) electrons. The number of amides is 2. The smallest absolute Gasteiger partial charge is 0.322 e. The first kappa shape index (κ1) is 15.3. The highest BCUT2D eigenvalue weighted by Gasteiger charge is 2.14. The van der Waals surface area contributed by atoms with Crippen molar-refractivity contribution in [1.29, 1.82) is 0 Å². The fourth-order valence-electron chi connectivity index (χ4n) is 2.22. The maximum atomic E-state index is 12.3. The van der Waals surface area contributed by atoms with E-state index in [-0.39, 0.29) is 6.03 Å². The van der Waals surface area contributed by atoms with Gasteiger partial charge in [-0.05, 0) is 24.3 Å². The molecular formula is C17H17N3O2S. The minimum absolute atomic E-state index is 0.200. The van der Waals surface area contributed by atoms with Gasteiger partial charge in [-0.15, -0.1) is 11.3 Å². The van der Waals surface area contributed by atoms with Gasteiger partial charge in [-0.3, -0.25) is 0 Å². The van der Waals surface area contributed by atoms with E-state index in [1.165, 1.54) is 0 Å². The summed E-state index contributed by atoms with van der Waals surface area (Å²) in [5.41, 5.74) is 1.61. The first-order chi connectivity index (χ1) is 11.2. The fraction of sp³-hybridized carbons (Fsp3) is 0.176. The molecule has 0 saturated carbocycles. The van der Waals surface area contributed by atoms with Crippen LogP contribution in [0.15, 0.2) is 48.5 Å². The Hall–Kier alpha value is -2.60. The number of ether oxygens (including phenoxy) is 1. The monoisotopic (exact) mass is 327 g/mol. The van der Waals surface area contributed by atoms with Crippen LogP contribution in [-0.4, -0.2) is 30.1 Å². The molecule has 6 heteroatoms. The topological polar surface area (TPSA) is 54.5 Å². The second-order valence-electron chi connectivity index (χ2n) is 5.06. The van der Waals surface area contributed by atoms with E-state index in [4.69, 9.17) is 4.74 Å². The minimum Gasteiger partial charge on any atom is -0.495 e. The molecule has 0 saturated heterocycles.